The van der Waals surface area contributed by atoms with E-state index in [0.717, 1.165) is 17.1 Å². The Kier molecular flexibility index (Phi) is 9.11. The Labute approximate surface area is 354 Å². The number of hydrogen-bond acceptors (Lipinski definition) is 2. The molecule has 0 unspecified atom stereocenters. The number of hydrogen-bond donors (Lipinski definition) is 0. The molecule has 0 saturated carbocycles. The van der Waals surface area contributed by atoms with Crippen molar-refractivity contribution in [3.05, 3.63) is 237 Å². The fourth-order valence-corrected chi connectivity index (χ4v) is 9.57. The summed E-state index contributed by atoms with van der Waals surface area (Å²) < 4.78 is 2.64. The first kappa shape index (κ1) is 35.6. The first-order chi connectivity index (χ1) is 29.7. The monoisotopic (exact) mass is 781 g/mol. The van der Waals surface area contributed by atoms with Crippen LogP contribution in [0.5, 0.6) is 0 Å². The van der Waals surface area contributed by atoms with Crippen LogP contribution in [0.15, 0.2) is 237 Å². The fourth-order valence-electron chi connectivity index (χ4n) is 8.50. The maximum Gasteiger partial charge on any atom is 0.0468 e. The molecule has 0 amide bonds. The number of benzene rings is 10. The van der Waals surface area contributed by atoms with Gasteiger partial charge in [-0.15, -0.1) is 11.3 Å². The standard InChI is InChI=1S/C58H39NS/c1-3-10-40(11-4-1)44-22-29-52(30-23-44)59(54-33-26-42-14-7-8-15-49(42)37-54)53-31-24-45(25-32-53)43-18-20-46(21-19-43)47-16-9-17-48(36-47)51-28-35-58-56(39-51)55-38-50(27-34-57(55)60-58)41-12-5-2-6-13-41/h1-39H. The normalized spacial score (nSPS) is 11.3. The quantitative estimate of drug-likeness (QED) is 0.148. The molecule has 10 aromatic carbocycles. The molecule has 0 fully saturated rings. The first-order valence-electron chi connectivity index (χ1n) is 20.5. The molecule has 1 aromatic heterocycles. The van der Waals surface area contributed by atoms with E-state index >= 15 is 0 Å². The first-order valence-corrected chi connectivity index (χ1v) is 21.3. The summed E-state index contributed by atoms with van der Waals surface area (Å²) in [6, 6.07) is 86.1. The van der Waals surface area contributed by atoms with Crippen LogP contribution in [0.4, 0.5) is 17.1 Å². The number of fused-ring (bicyclic) bond motifs is 4. The smallest absolute Gasteiger partial charge is 0.0468 e. The highest BCUT2D eigenvalue weighted by Crippen LogP contribution is 2.41. The molecule has 0 N–H and O–H groups in total. The van der Waals surface area contributed by atoms with Crippen LogP contribution in [0.2, 0.25) is 0 Å². The van der Waals surface area contributed by atoms with Gasteiger partial charge in [-0.2, -0.15) is 0 Å². The van der Waals surface area contributed by atoms with Gasteiger partial charge in [0.25, 0.3) is 0 Å². The van der Waals surface area contributed by atoms with Crippen LogP contribution < -0.4 is 4.90 Å². The van der Waals surface area contributed by atoms with Crippen LogP contribution in [0.1, 0.15) is 0 Å². The number of thiophene rings is 1. The summed E-state index contributed by atoms with van der Waals surface area (Å²) in [6.45, 7) is 0. The Morgan fingerprint density at radius 3 is 1.17 bits per heavy atom. The molecule has 11 aromatic rings. The van der Waals surface area contributed by atoms with Crippen LogP contribution in [0.3, 0.4) is 0 Å². The minimum absolute atomic E-state index is 1.11. The van der Waals surface area contributed by atoms with E-state index in [1.807, 2.05) is 11.3 Å². The van der Waals surface area contributed by atoms with Crippen molar-refractivity contribution in [2.45, 2.75) is 0 Å². The molecule has 2 heteroatoms. The van der Waals surface area contributed by atoms with E-state index in [4.69, 9.17) is 0 Å². The van der Waals surface area contributed by atoms with Crippen molar-refractivity contribution < 1.29 is 0 Å². The van der Waals surface area contributed by atoms with Crippen molar-refractivity contribution in [2.24, 2.45) is 0 Å². The highest BCUT2D eigenvalue weighted by molar-refractivity contribution is 7.25. The van der Waals surface area contributed by atoms with Crippen molar-refractivity contribution in [3.8, 4) is 55.6 Å². The molecule has 0 aliphatic rings. The zero-order chi connectivity index (χ0) is 39.8. The summed E-state index contributed by atoms with van der Waals surface area (Å²) in [7, 11) is 0. The molecular formula is C58H39NS. The molecule has 0 atom stereocenters. The number of anilines is 3. The summed E-state index contributed by atoms with van der Waals surface area (Å²) >= 11 is 1.87. The highest BCUT2D eigenvalue weighted by atomic mass is 32.1. The molecule has 1 heterocycles. The van der Waals surface area contributed by atoms with Crippen molar-refractivity contribution in [3.63, 3.8) is 0 Å². The molecule has 0 saturated heterocycles. The van der Waals surface area contributed by atoms with E-state index in [2.05, 4.69) is 241 Å². The van der Waals surface area contributed by atoms with Gasteiger partial charge in [0.1, 0.15) is 0 Å². The lowest BCUT2D eigenvalue weighted by Gasteiger charge is -2.26. The van der Waals surface area contributed by atoms with Crippen LogP contribution in [-0.2, 0) is 0 Å². The molecule has 0 spiro atoms. The summed E-state index contributed by atoms with van der Waals surface area (Å²) in [6.07, 6.45) is 0. The average molecular weight is 782 g/mol. The fraction of sp³-hybridized carbons (Fsp3) is 0. The zero-order valence-electron chi connectivity index (χ0n) is 32.9. The van der Waals surface area contributed by atoms with Gasteiger partial charge in [-0.05, 0) is 133 Å². The highest BCUT2D eigenvalue weighted by Gasteiger charge is 2.15. The Bertz CT molecular complexity index is 3270. The Morgan fingerprint density at radius 2 is 0.600 bits per heavy atom. The SMILES string of the molecule is c1ccc(-c2ccc(N(c3ccc(-c4ccc(-c5cccc(-c6ccc7sc8ccc(-c9ccccc9)cc8c7c6)c5)cc4)cc3)c3ccc4ccccc4c3)cc2)cc1. The van der Waals surface area contributed by atoms with E-state index in [1.54, 1.807) is 0 Å². The van der Waals surface area contributed by atoms with Gasteiger partial charge in [-0.3, -0.25) is 0 Å². The van der Waals surface area contributed by atoms with Gasteiger partial charge in [0.2, 0.25) is 0 Å². The minimum Gasteiger partial charge on any atom is -0.310 e. The van der Waals surface area contributed by atoms with Crippen molar-refractivity contribution in [2.75, 3.05) is 4.90 Å². The van der Waals surface area contributed by atoms with E-state index in [0.29, 0.717) is 0 Å². The van der Waals surface area contributed by atoms with E-state index < -0.39 is 0 Å². The van der Waals surface area contributed by atoms with Gasteiger partial charge in [0, 0.05) is 37.2 Å². The Hall–Kier alpha value is -7.52. The Morgan fingerprint density at radius 1 is 0.233 bits per heavy atom. The number of nitrogens with zero attached hydrogens (tertiary/aromatic N) is 1. The molecular weight excluding hydrogens is 743 g/mol. The third-order valence-corrected chi connectivity index (χ3v) is 12.8. The molecule has 282 valence electrons. The molecule has 0 aliphatic heterocycles. The molecule has 0 aliphatic carbocycles. The molecule has 0 bridgehead atoms. The van der Waals surface area contributed by atoms with Crippen LogP contribution in [-0.4, -0.2) is 0 Å². The second kappa shape index (κ2) is 15.3. The number of rotatable bonds is 8. The van der Waals surface area contributed by atoms with Crippen LogP contribution in [0, 0.1) is 0 Å². The molecule has 60 heavy (non-hydrogen) atoms. The summed E-state index contributed by atoms with van der Waals surface area (Å²) in [5, 5.41) is 5.08. The topological polar surface area (TPSA) is 3.24 Å². The predicted molar refractivity (Wildman–Crippen MR) is 259 cm³/mol. The van der Waals surface area contributed by atoms with Gasteiger partial charge in [-0.25, -0.2) is 0 Å². The molecule has 0 radical (unpaired) electrons. The van der Waals surface area contributed by atoms with Crippen LogP contribution >= 0.6 is 11.3 Å². The Balaban J connectivity index is 0.874. The van der Waals surface area contributed by atoms with Gasteiger partial charge in [0.15, 0.2) is 0 Å². The maximum absolute atomic E-state index is 2.37. The maximum atomic E-state index is 2.37. The second-order valence-corrected chi connectivity index (χ2v) is 16.5. The lowest BCUT2D eigenvalue weighted by molar-refractivity contribution is 1.29. The predicted octanol–water partition coefficient (Wildman–Crippen LogP) is 17.0. The second-order valence-electron chi connectivity index (χ2n) is 15.4. The lowest BCUT2D eigenvalue weighted by atomic mass is 9.96. The third-order valence-electron chi connectivity index (χ3n) is 11.7. The van der Waals surface area contributed by atoms with Gasteiger partial charge in [0.05, 0.1) is 0 Å². The van der Waals surface area contributed by atoms with E-state index in [9.17, 15) is 0 Å². The largest absolute Gasteiger partial charge is 0.310 e. The molecule has 1 nitrogen and oxygen atoms in total. The zero-order valence-corrected chi connectivity index (χ0v) is 33.7. The molecule has 11 rings (SSSR count). The van der Waals surface area contributed by atoms with Gasteiger partial charge < -0.3 is 4.90 Å². The van der Waals surface area contributed by atoms with Gasteiger partial charge in [-0.1, -0.05) is 170 Å². The van der Waals surface area contributed by atoms with Crippen molar-refractivity contribution in [1.29, 1.82) is 0 Å². The van der Waals surface area contributed by atoms with E-state index in [1.165, 1.54) is 86.6 Å². The average Bonchev–Trinajstić information content (AvgIpc) is 3.70. The summed E-state index contributed by atoms with van der Waals surface area (Å²) in [5.74, 6) is 0. The lowest BCUT2D eigenvalue weighted by Crippen LogP contribution is -2.09. The van der Waals surface area contributed by atoms with E-state index in [-0.39, 0.29) is 0 Å². The van der Waals surface area contributed by atoms with Crippen LogP contribution in [0.25, 0.3) is 86.6 Å². The summed E-state index contributed by atoms with van der Waals surface area (Å²) in [4.78, 5) is 2.35. The van der Waals surface area contributed by atoms with Crippen molar-refractivity contribution >= 4 is 59.3 Å². The van der Waals surface area contributed by atoms with Crippen molar-refractivity contribution in [1.82, 2.24) is 0 Å². The minimum atomic E-state index is 1.11. The summed E-state index contributed by atoms with van der Waals surface area (Å²) in [5.41, 5.74) is 15.5. The van der Waals surface area contributed by atoms with Gasteiger partial charge >= 0.3 is 0 Å². The third kappa shape index (κ3) is 6.83.